The van der Waals surface area contributed by atoms with E-state index in [9.17, 15) is 22.1 Å². The Bertz CT molecular complexity index is 214. The fourth-order valence-corrected chi connectivity index (χ4v) is 0. The zero-order valence-corrected chi connectivity index (χ0v) is 12.6. The first-order valence-electron chi connectivity index (χ1n) is 3.10. The van der Waals surface area contributed by atoms with E-state index in [0.29, 0.717) is 0 Å². The van der Waals surface area contributed by atoms with Crippen molar-refractivity contribution >= 4 is 13.0 Å². The van der Waals surface area contributed by atoms with Crippen LogP contribution in [-0.4, -0.2) is 13.0 Å². The van der Waals surface area contributed by atoms with Gasteiger partial charge in [0.25, 0.3) is 0 Å². The van der Waals surface area contributed by atoms with E-state index in [2.05, 4.69) is 33.3 Å². The van der Waals surface area contributed by atoms with Crippen molar-refractivity contribution in [2.24, 2.45) is 0 Å². The molecule has 1 radical (unpaired) electrons. The average Bonchev–Trinajstić information content (AvgIpc) is 2.38. The van der Waals surface area contributed by atoms with Crippen molar-refractivity contribution in [1.29, 1.82) is 0 Å². The van der Waals surface area contributed by atoms with E-state index in [0.717, 1.165) is 0 Å². The Hall–Kier alpha value is -1.18. The first-order chi connectivity index (χ1) is 8.73. The van der Waals surface area contributed by atoms with Gasteiger partial charge in [-0.1, -0.05) is 0 Å². The minimum absolute atomic E-state index is 0. The standard InChI is InChI=1S/C3H6O.5CO.BF4.Re/c1-3(2)4;5*1-2;2-1(3,4)5;/h1-2H3;;;;;;;/q;;;;;;-1;. The van der Waals surface area contributed by atoms with Crippen LogP contribution in [-0.2, 0) is 48.5 Å². The molecule has 0 atom stereocenters. The second-order valence-corrected chi connectivity index (χ2v) is 1.40. The van der Waals surface area contributed by atoms with Gasteiger partial charge in [0.15, 0.2) is 0 Å². The van der Waals surface area contributed by atoms with Crippen molar-refractivity contribution in [2.75, 3.05) is 0 Å². The summed E-state index contributed by atoms with van der Waals surface area (Å²) in [6, 6.07) is 0. The predicted octanol–water partition coefficient (Wildman–Crippen LogP) is 1.71. The molecule has 0 aliphatic rings. The Morgan fingerprint density at radius 3 is 0.700 bits per heavy atom. The first kappa shape index (κ1) is 51.1. The maximum absolute atomic E-state index is 9.75. The van der Waals surface area contributed by atoms with Gasteiger partial charge < -0.3 is 22.1 Å². The summed E-state index contributed by atoms with van der Waals surface area (Å²) in [4.78, 5) is 9.44. The third-order valence-electron chi connectivity index (χ3n) is 0. The van der Waals surface area contributed by atoms with Crippen LogP contribution in [0.25, 0.3) is 0 Å². The predicted molar refractivity (Wildman–Crippen MR) is 46.2 cm³/mol. The van der Waals surface area contributed by atoms with Gasteiger partial charge in [-0.2, -0.15) is 0 Å². The summed E-state index contributed by atoms with van der Waals surface area (Å²) in [6.07, 6.45) is 0. The maximum atomic E-state index is 9.75. The van der Waals surface area contributed by atoms with Crippen LogP contribution in [0.15, 0.2) is 0 Å². The van der Waals surface area contributed by atoms with Gasteiger partial charge >= 0.3 is 63.8 Å². The van der Waals surface area contributed by atoms with E-state index < -0.39 is 7.25 Å². The molecule has 0 saturated heterocycles. The summed E-state index contributed by atoms with van der Waals surface area (Å²) < 4.78 is 76.5. The summed E-state index contributed by atoms with van der Waals surface area (Å²) in [5.74, 6) is 0.167. The molecule has 0 unspecified atom stereocenters. The molecule has 0 bridgehead atoms. The zero-order chi connectivity index (χ0) is 18.1. The molecule has 6 nitrogen and oxygen atoms in total. The molecule has 0 aromatic carbocycles. The van der Waals surface area contributed by atoms with Crippen LogP contribution in [0.1, 0.15) is 13.8 Å². The van der Waals surface area contributed by atoms with E-state index in [-0.39, 0.29) is 26.2 Å². The molecule has 113 valence electrons. The van der Waals surface area contributed by atoms with Gasteiger partial charge in [-0.25, -0.2) is 0 Å². The molecule has 0 N–H and O–H groups in total. The molecule has 0 aromatic rings. The molecule has 0 spiro atoms. The van der Waals surface area contributed by atoms with E-state index in [1.165, 1.54) is 13.8 Å². The van der Waals surface area contributed by atoms with Gasteiger partial charge in [0.05, 0.1) is 0 Å². The molecule has 12 heteroatoms. The topological polar surface area (TPSA) is 117 Å². The van der Waals surface area contributed by atoms with Crippen LogP contribution < -0.4 is 0 Å². The van der Waals surface area contributed by atoms with Gasteiger partial charge in [0.2, 0.25) is 0 Å². The SMILES string of the molecule is CC(C)=O.F[B-](F)(F)F.[C-]#[O+].[C-]#[O+].[C-]#[O+].[C-]#[O+].[C-]#[O+].[Re]. The minimum atomic E-state index is -6.00. The van der Waals surface area contributed by atoms with Crippen molar-refractivity contribution in [3.05, 3.63) is 33.3 Å². The summed E-state index contributed by atoms with van der Waals surface area (Å²) in [6.45, 7) is 25.6. The number of carbonyl (C=O) groups excluding carboxylic acids is 1. The van der Waals surface area contributed by atoms with Crippen LogP contribution in [0.2, 0.25) is 0 Å². The Labute approximate surface area is 126 Å². The quantitative estimate of drug-likeness (QED) is 0.228. The molecule has 0 rings (SSSR count). The van der Waals surface area contributed by atoms with Crippen LogP contribution in [0.3, 0.4) is 0 Å². The molecular formula is C8H6BF4O6Re-. The fourth-order valence-electron chi connectivity index (χ4n) is 0. The van der Waals surface area contributed by atoms with E-state index in [1.54, 1.807) is 0 Å². The molecule has 0 heterocycles. The third kappa shape index (κ3) is 3010. The molecule has 20 heavy (non-hydrogen) atoms. The van der Waals surface area contributed by atoms with Crippen molar-refractivity contribution in [2.45, 2.75) is 13.8 Å². The van der Waals surface area contributed by atoms with Gasteiger partial charge in [-0.3, -0.25) is 0 Å². The van der Waals surface area contributed by atoms with Gasteiger partial charge in [0, 0.05) is 20.4 Å². The summed E-state index contributed by atoms with van der Waals surface area (Å²) >= 11 is 0. The number of Topliss-reactive ketones (excluding diaryl/α,β-unsaturated/α-hetero) is 1. The number of rotatable bonds is 0. The van der Waals surface area contributed by atoms with Crippen LogP contribution >= 0.6 is 0 Å². The smallest absolute Gasteiger partial charge is 0 e. The van der Waals surface area contributed by atoms with Gasteiger partial charge in [0.1, 0.15) is 5.78 Å². The van der Waals surface area contributed by atoms with Gasteiger partial charge in [-0.05, 0) is 13.8 Å². The molecule has 0 saturated carbocycles. The molecule has 0 amide bonds. The van der Waals surface area contributed by atoms with Crippen molar-refractivity contribution in [3.63, 3.8) is 0 Å². The first-order valence-corrected chi connectivity index (χ1v) is 3.10. The van der Waals surface area contributed by atoms with E-state index >= 15 is 0 Å². The molecule has 0 fully saturated rings. The molecule has 0 aliphatic heterocycles. The Balaban J connectivity index is -0.0000000146. The fraction of sp³-hybridized carbons (Fsp3) is 0.250. The maximum Gasteiger partial charge on any atom is 0 e. The van der Waals surface area contributed by atoms with Crippen LogP contribution in [0, 0.1) is 33.3 Å². The monoisotopic (exact) mass is 472 g/mol. The second-order valence-electron chi connectivity index (χ2n) is 1.40. The number of halogens is 4. The largest absolute Gasteiger partial charge is 0 e. The minimum Gasteiger partial charge on any atom is 0 e. The van der Waals surface area contributed by atoms with Crippen molar-refractivity contribution in [3.8, 4) is 0 Å². The number of carbonyl (C=O) groups is 1. The average molecular weight is 471 g/mol. The summed E-state index contributed by atoms with van der Waals surface area (Å²) in [7, 11) is -6.00. The summed E-state index contributed by atoms with van der Waals surface area (Å²) in [5, 5.41) is 0. The number of ketones is 1. The number of hydrogen-bond acceptors (Lipinski definition) is 1. The zero-order valence-electron chi connectivity index (χ0n) is 9.92. The van der Waals surface area contributed by atoms with Crippen LogP contribution in [0.5, 0.6) is 0 Å². The van der Waals surface area contributed by atoms with E-state index in [4.69, 9.17) is 23.3 Å². The second kappa shape index (κ2) is 82.5. The normalized spacial score (nSPS) is 4.80. The van der Waals surface area contributed by atoms with Crippen molar-refractivity contribution < 1.29 is 65.7 Å². The van der Waals surface area contributed by atoms with Crippen LogP contribution in [0.4, 0.5) is 17.3 Å². The van der Waals surface area contributed by atoms with Gasteiger partial charge in [-0.15, -0.1) is 0 Å². The third-order valence-corrected chi connectivity index (χ3v) is 0. The summed E-state index contributed by atoms with van der Waals surface area (Å²) in [5.41, 5.74) is 0. The van der Waals surface area contributed by atoms with E-state index in [1.807, 2.05) is 0 Å². The Morgan fingerprint density at radius 2 is 0.700 bits per heavy atom. The Kier molecular flexibility index (Phi) is 210. The molecule has 0 aromatic heterocycles. The Morgan fingerprint density at radius 1 is 0.700 bits per heavy atom. The number of hydrogen-bond donors (Lipinski definition) is 0. The molecule has 0 aliphatic carbocycles. The molecular weight excluding hydrogens is 465 g/mol. The van der Waals surface area contributed by atoms with Crippen molar-refractivity contribution in [1.82, 2.24) is 0 Å².